The van der Waals surface area contributed by atoms with E-state index in [0.717, 1.165) is 34.5 Å². The average Bonchev–Trinajstić information content (AvgIpc) is 2.81. The third-order valence-corrected chi connectivity index (χ3v) is 4.01. The minimum atomic E-state index is 0.468. The van der Waals surface area contributed by atoms with Crippen LogP contribution in [0, 0.1) is 0 Å². The number of para-hydroxylation sites is 1. The molecule has 3 aromatic rings. The number of hydrogen-bond donors (Lipinski definition) is 1. The van der Waals surface area contributed by atoms with Crippen LogP contribution >= 0.6 is 23.2 Å². The molecule has 0 fully saturated rings. The Hall–Kier alpha value is -1.48. The smallest absolute Gasteiger partial charge is 0.199 e. The van der Waals surface area contributed by atoms with Gasteiger partial charge in [-0.15, -0.1) is 0 Å². The van der Waals surface area contributed by atoms with Crippen LogP contribution in [0.4, 0.5) is 0 Å². The van der Waals surface area contributed by atoms with Gasteiger partial charge >= 0.3 is 0 Å². The SMILES string of the molecule is Clc1ccc(CCNCc2c(Cl)oc3ccccc23)cc1. The Morgan fingerprint density at radius 1 is 0.952 bits per heavy atom. The summed E-state index contributed by atoms with van der Waals surface area (Å²) >= 11 is 12.0. The predicted octanol–water partition coefficient (Wildman–Crippen LogP) is 5.07. The summed E-state index contributed by atoms with van der Waals surface area (Å²) in [5.41, 5.74) is 3.11. The summed E-state index contributed by atoms with van der Waals surface area (Å²) in [5.74, 6) is 0. The molecule has 0 aliphatic rings. The quantitative estimate of drug-likeness (QED) is 0.664. The van der Waals surface area contributed by atoms with Gasteiger partial charge in [0.1, 0.15) is 5.58 Å². The van der Waals surface area contributed by atoms with Crippen molar-refractivity contribution in [3.8, 4) is 0 Å². The van der Waals surface area contributed by atoms with Gasteiger partial charge in [0.15, 0.2) is 5.22 Å². The van der Waals surface area contributed by atoms with E-state index in [0.29, 0.717) is 11.8 Å². The van der Waals surface area contributed by atoms with Gasteiger partial charge in [0, 0.05) is 22.5 Å². The molecule has 2 aromatic carbocycles. The van der Waals surface area contributed by atoms with Crippen molar-refractivity contribution in [1.29, 1.82) is 0 Å². The second kappa shape index (κ2) is 6.52. The van der Waals surface area contributed by atoms with Crippen LogP contribution < -0.4 is 5.32 Å². The number of rotatable bonds is 5. The molecule has 0 radical (unpaired) electrons. The third-order valence-electron chi connectivity index (χ3n) is 3.45. The summed E-state index contributed by atoms with van der Waals surface area (Å²) in [4.78, 5) is 0. The topological polar surface area (TPSA) is 25.2 Å². The van der Waals surface area contributed by atoms with Crippen LogP contribution in [0.15, 0.2) is 52.9 Å². The van der Waals surface area contributed by atoms with E-state index in [4.69, 9.17) is 27.6 Å². The number of halogens is 2. The Morgan fingerprint density at radius 3 is 2.52 bits per heavy atom. The lowest BCUT2D eigenvalue weighted by Gasteiger charge is -2.04. The minimum Gasteiger partial charge on any atom is -0.444 e. The first-order valence-electron chi connectivity index (χ1n) is 6.85. The van der Waals surface area contributed by atoms with Crippen LogP contribution in [0.1, 0.15) is 11.1 Å². The summed E-state index contributed by atoms with van der Waals surface area (Å²) < 4.78 is 5.54. The van der Waals surface area contributed by atoms with E-state index >= 15 is 0 Å². The lowest BCUT2D eigenvalue weighted by atomic mass is 10.1. The number of nitrogens with one attached hydrogen (secondary N) is 1. The number of hydrogen-bond acceptors (Lipinski definition) is 2. The van der Waals surface area contributed by atoms with Crippen LogP contribution in [0.5, 0.6) is 0 Å². The van der Waals surface area contributed by atoms with Gasteiger partial charge in [-0.1, -0.05) is 41.9 Å². The van der Waals surface area contributed by atoms with Crippen molar-refractivity contribution in [3.05, 3.63) is 69.9 Å². The summed E-state index contributed by atoms with van der Waals surface area (Å²) in [6.07, 6.45) is 0.949. The van der Waals surface area contributed by atoms with Crippen molar-refractivity contribution in [3.63, 3.8) is 0 Å². The highest BCUT2D eigenvalue weighted by Crippen LogP contribution is 2.29. The Balaban J connectivity index is 1.59. The molecule has 1 N–H and O–H groups in total. The zero-order valence-electron chi connectivity index (χ0n) is 11.4. The summed E-state index contributed by atoms with van der Waals surface area (Å²) in [5, 5.41) is 5.71. The lowest BCUT2D eigenvalue weighted by Crippen LogP contribution is -2.16. The molecule has 0 aliphatic heterocycles. The molecule has 21 heavy (non-hydrogen) atoms. The molecule has 0 unspecified atom stereocenters. The Bertz CT molecular complexity index is 734. The first-order valence-corrected chi connectivity index (χ1v) is 7.61. The lowest BCUT2D eigenvalue weighted by molar-refractivity contribution is 0.604. The molecule has 3 rings (SSSR count). The molecule has 0 amide bonds. The van der Waals surface area contributed by atoms with E-state index in [1.165, 1.54) is 5.56 Å². The highest BCUT2D eigenvalue weighted by atomic mass is 35.5. The molecule has 2 nitrogen and oxygen atoms in total. The summed E-state index contributed by atoms with van der Waals surface area (Å²) in [6, 6.07) is 15.8. The molecule has 0 saturated carbocycles. The first kappa shape index (κ1) is 14.5. The van der Waals surface area contributed by atoms with E-state index in [9.17, 15) is 0 Å². The van der Waals surface area contributed by atoms with Gasteiger partial charge in [-0.25, -0.2) is 0 Å². The minimum absolute atomic E-state index is 0.468. The van der Waals surface area contributed by atoms with Crippen LogP contribution in [-0.4, -0.2) is 6.54 Å². The molecule has 0 aliphatic carbocycles. The Kier molecular flexibility index (Phi) is 4.49. The summed E-state index contributed by atoms with van der Waals surface area (Å²) in [6.45, 7) is 1.57. The molecule has 108 valence electrons. The highest BCUT2D eigenvalue weighted by Gasteiger charge is 2.11. The molecule has 0 spiro atoms. The number of furan rings is 1. The van der Waals surface area contributed by atoms with Gasteiger partial charge in [-0.3, -0.25) is 0 Å². The number of benzene rings is 2. The maximum Gasteiger partial charge on any atom is 0.199 e. The van der Waals surface area contributed by atoms with E-state index < -0.39 is 0 Å². The molecular weight excluding hydrogens is 305 g/mol. The average molecular weight is 320 g/mol. The fourth-order valence-electron chi connectivity index (χ4n) is 2.33. The van der Waals surface area contributed by atoms with Crippen molar-refractivity contribution >= 4 is 34.2 Å². The van der Waals surface area contributed by atoms with E-state index in [-0.39, 0.29) is 0 Å². The van der Waals surface area contributed by atoms with Crippen LogP contribution in [-0.2, 0) is 13.0 Å². The fraction of sp³-hybridized carbons (Fsp3) is 0.176. The predicted molar refractivity (Wildman–Crippen MR) is 88.1 cm³/mol. The standard InChI is InChI=1S/C17H15Cl2NO/c18-13-7-5-12(6-8-13)9-10-20-11-15-14-3-1-2-4-16(14)21-17(15)19/h1-8,20H,9-11H2. The zero-order chi connectivity index (χ0) is 14.7. The van der Waals surface area contributed by atoms with Gasteiger partial charge in [-0.05, 0) is 48.3 Å². The van der Waals surface area contributed by atoms with Gasteiger partial charge < -0.3 is 9.73 Å². The van der Waals surface area contributed by atoms with Gasteiger partial charge in [-0.2, -0.15) is 0 Å². The molecule has 1 heterocycles. The number of fused-ring (bicyclic) bond motifs is 1. The van der Waals surface area contributed by atoms with E-state index in [2.05, 4.69) is 5.32 Å². The maximum absolute atomic E-state index is 6.16. The zero-order valence-corrected chi connectivity index (χ0v) is 12.9. The largest absolute Gasteiger partial charge is 0.444 e. The monoisotopic (exact) mass is 319 g/mol. The van der Waals surface area contributed by atoms with Crippen molar-refractivity contribution in [1.82, 2.24) is 5.32 Å². The van der Waals surface area contributed by atoms with E-state index in [1.807, 2.05) is 48.5 Å². The molecule has 0 atom stereocenters. The molecule has 0 saturated heterocycles. The van der Waals surface area contributed by atoms with Crippen molar-refractivity contribution in [2.45, 2.75) is 13.0 Å². The fourth-order valence-corrected chi connectivity index (χ4v) is 2.71. The van der Waals surface area contributed by atoms with Crippen molar-refractivity contribution < 1.29 is 4.42 Å². The van der Waals surface area contributed by atoms with Crippen molar-refractivity contribution in [2.75, 3.05) is 6.54 Å². The van der Waals surface area contributed by atoms with Gasteiger partial charge in [0.25, 0.3) is 0 Å². The molecular formula is C17H15Cl2NO. The molecule has 4 heteroatoms. The van der Waals surface area contributed by atoms with Gasteiger partial charge in [0.2, 0.25) is 0 Å². The third kappa shape index (κ3) is 3.41. The van der Waals surface area contributed by atoms with Crippen LogP contribution in [0.3, 0.4) is 0 Å². The molecule has 0 bridgehead atoms. The van der Waals surface area contributed by atoms with Gasteiger partial charge in [0.05, 0.1) is 0 Å². The Labute approximate surface area is 133 Å². The Morgan fingerprint density at radius 2 is 1.71 bits per heavy atom. The first-order chi connectivity index (χ1) is 10.2. The van der Waals surface area contributed by atoms with Crippen LogP contribution in [0.2, 0.25) is 10.2 Å². The second-order valence-electron chi connectivity index (χ2n) is 4.90. The summed E-state index contributed by atoms with van der Waals surface area (Å²) in [7, 11) is 0. The van der Waals surface area contributed by atoms with E-state index in [1.54, 1.807) is 0 Å². The highest BCUT2D eigenvalue weighted by molar-refractivity contribution is 6.31. The second-order valence-corrected chi connectivity index (χ2v) is 5.68. The van der Waals surface area contributed by atoms with Crippen molar-refractivity contribution in [2.24, 2.45) is 0 Å². The normalized spacial score (nSPS) is 11.1. The maximum atomic E-state index is 6.16. The molecule has 1 aromatic heterocycles. The van der Waals surface area contributed by atoms with Crippen LogP contribution in [0.25, 0.3) is 11.0 Å².